The standard InChI is InChI=1S/C9H10N2O3/c1-3-5-9(6-10,8(11)13)14-7(12)4-2/h3-4H,1-2,5H2,(H2,11,13). The lowest BCUT2D eigenvalue weighted by molar-refractivity contribution is -0.156. The molecule has 0 aromatic rings. The summed E-state index contributed by atoms with van der Waals surface area (Å²) in [4.78, 5) is 21.8. The van der Waals surface area contributed by atoms with Crippen LogP contribution in [0.1, 0.15) is 6.42 Å². The molecule has 0 rings (SSSR count). The Morgan fingerprint density at radius 1 is 1.57 bits per heavy atom. The average Bonchev–Trinajstić information content (AvgIpc) is 2.16. The van der Waals surface area contributed by atoms with Crippen LogP contribution in [-0.4, -0.2) is 17.5 Å². The maximum absolute atomic E-state index is 10.9. The summed E-state index contributed by atoms with van der Waals surface area (Å²) >= 11 is 0. The van der Waals surface area contributed by atoms with Gasteiger partial charge < -0.3 is 10.5 Å². The summed E-state index contributed by atoms with van der Waals surface area (Å²) in [6, 6.07) is 1.54. The van der Waals surface area contributed by atoms with Crippen molar-refractivity contribution in [2.45, 2.75) is 12.0 Å². The molecule has 5 nitrogen and oxygen atoms in total. The summed E-state index contributed by atoms with van der Waals surface area (Å²) < 4.78 is 4.57. The van der Waals surface area contributed by atoms with Gasteiger partial charge in [-0.3, -0.25) is 4.79 Å². The second-order valence-corrected chi connectivity index (χ2v) is 2.42. The van der Waals surface area contributed by atoms with E-state index in [4.69, 9.17) is 11.0 Å². The van der Waals surface area contributed by atoms with Crippen LogP contribution in [0.4, 0.5) is 0 Å². The van der Waals surface area contributed by atoms with Crippen LogP contribution in [0, 0.1) is 11.3 Å². The first-order chi connectivity index (χ1) is 6.52. The molecule has 0 heterocycles. The SMILES string of the molecule is C=CCC(C#N)(OC(=O)C=C)C(N)=O. The zero-order chi connectivity index (χ0) is 11.2. The van der Waals surface area contributed by atoms with Crippen LogP contribution >= 0.6 is 0 Å². The summed E-state index contributed by atoms with van der Waals surface area (Å²) in [5.41, 5.74) is 2.97. The number of carbonyl (C=O) groups excluding carboxylic acids is 2. The highest BCUT2D eigenvalue weighted by atomic mass is 16.6. The van der Waals surface area contributed by atoms with Crippen molar-refractivity contribution in [2.75, 3.05) is 0 Å². The number of primary amides is 1. The van der Waals surface area contributed by atoms with E-state index in [0.717, 1.165) is 6.08 Å². The number of hydrogen-bond acceptors (Lipinski definition) is 4. The minimum atomic E-state index is -1.98. The summed E-state index contributed by atoms with van der Waals surface area (Å²) in [6.45, 7) is 6.47. The Balaban J connectivity index is 4.96. The molecule has 5 heteroatoms. The summed E-state index contributed by atoms with van der Waals surface area (Å²) in [5.74, 6) is -1.91. The molecule has 1 amide bonds. The first kappa shape index (κ1) is 11.9. The molecule has 0 aliphatic carbocycles. The number of nitriles is 1. The fourth-order valence-electron chi connectivity index (χ4n) is 0.733. The zero-order valence-electron chi connectivity index (χ0n) is 7.53. The topological polar surface area (TPSA) is 93.2 Å². The maximum Gasteiger partial charge on any atom is 0.332 e. The van der Waals surface area contributed by atoms with E-state index in [1.165, 1.54) is 6.08 Å². The molecule has 0 fully saturated rings. The number of ether oxygens (including phenoxy) is 1. The number of carbonyl (C=O) groups is 2. The Morgan fingerprint density at radius 3 is 2.43 bits per heavy atom. The molecule has 1 unspecified atom stereocenters. The van der Waals surface area contributed by atoms with Crippen LogP contribution in [0.2, 0.25) is 0 Å². The fourth-order valence-corrected chi connectivity index (χ4v) is 0.733. The van der Waals surface area contributed by atoms with Crippen LogP contribution in [0.15, 0.2) is 25.3 Å². The zero-order valence-corrected chi connectivity index (χ0v) is 7.53. The minimum absolute atomic E-state index is 0.154. The predicted molar refractivity (Wildman–Crippen MR) is 48.6 cm³/mol. The summed E-state index contributed by atoms with van der Waals surface area (Å²) in [7, 11) is 0. The van der Waals surface area contributed by atoms with Gasteiger partial charge in [-0.1, -0.05) is 12.7 Å². The molecule has 0 aliphatic rings. The van der Waals surface area contributed by atoms with Crippen LogP contribution < -0.4 is 5.73 Å². The highest BCUT2D eigenvalue weighted by Gasteiger charge is 2.39. The molecular weight excluding hydrogens is 184 g/mol. The van der Waals surface area contributed by atoms with Gasteiger partial charge in [-0.2, -0.15) is 5.26 Å². The van der Waals surface area contributed by atoms with Crippen molar-refractivity contribution >= 4 is 11.9 Å². The van der Waals surface area contributed by atoms with Crippen LogP contribution in [0.25, 0.3) is 0 Å². The van der Waals surface area contributed by atoms with Crippen LogP contribution in [0.5, 0.6) is 0 Å². The lowest BCUT2D eigenvalue weighted by Gasteiger charge is -2.20. The van der Waals surface area contributed by atoms with E-state index in [1.807, 2.05) is 0 Å². The van der Waals surface area contributed by atoms with E-state index >= 15 is 0 Å². The van der Waals surface area contributed by atoms with E-state index in [-0.39, 0.29) is 6.42 Å². The van der Waals surface area contributed by atoms with Crippen molar-refractivity contribution in [3.05, 3.63) is 25.3 Å². The third-order valence-corrected chi connectivity index (χ3v) is 1.45. The largest absolute Gasteiger partial charge is 0.430 e. The van der Waals surface area contributed by atoms with E-state index in [0.29, 0.717) is 0 Å². The van der Waals surface area contributed by atoms with Gasteiger partial charge in [0, 0.05) is 12.5 Å². The van der Waals surface area contributed by atoms with Gasteiger partial charge in [-0.25, -0.2) is 4.79 Å². The Kier molecular flexibility index (Phi) is 4.10. The van der Waals surface area contributed by atoms with E-state index in [2.05, 4.69) is 17.9 Å². The molecule has 74 valence electrons. The van der Waals surface area contributed by atoms with Crippen LogP contribution in [0.3, 0.4) is 0 Å². The Labute approximate surface area is 81.4 Å². The summed E-state index contributed by atoms with van der Waals surface area (Å²) in [6.07, 6.45) is 1.96. The Hall–Kier alpha value is -2.09. The average molecular weight is 194 g/mol. The summed E-state index contributed by atoms with van der Waals surface area (Å²) in [5, 5.41) is 8.71. The molecule has 0 bridgehead atoms. The van der Waals surface area contributed by atoms with E-state index in [9.17, 15) is 9.59 Å². The first-order valence-electron chi connectivity index (χ1n) is 3.70. The van der Waals surface area contributed by atoms with Crippen molar-refractivity contribution in [1.29, 1.82) is 5.26 Å². The smallest absolute Gasteiger partial charge is 0.332 e. The van der Waals surface area contributed by atoms with Gasteiger partial charge in [0.2, 0.25) is 0 Å². The lowest BCUT2D eigenvalue weighted by atomic mass is 10.0. The number of hydrogen-bond donors (Lipinski definition) is 1. The van der Waals surface area contributed by atoms with Crippen molar-refractivity contribution in [3.8, 4) is 6.07 Å². The van der Waals surface area contributed by atoms with Crippen molar-refractivity contribution < 1.29 is 14.3 Å². The van der Waals surface area contributed by atoms with Gasteiger partial charge in [0.05, 0.1) is 0 Å². The molecule has 0 aromatic heterocycles. The molecular formula is C9H10N2O3. The normalized spacial score (nSPS) is 13.1. The minimum Gasteiger partial charge on any atom is -0.430 e. The van der Waals surface area contributed by atoms with E-state index < -0.39 is 17.5 Å². The molecule has 14 heavy (non-hydrogen) atoms. The third-order valence-electron chi connectivity index (χ3n) is 1.45. The monoisotopic (exact) mass is 194 g/mol. The van der Waals surface area contributed by atoms with Gasteiger partial charge in [0.25, 0.3) is 11.5 Å². The van der Waals surface area contributed by atoms with Crippen molar-refractivity contribution in [2.24, 2.45) is 5.73 Å². The highest BCUT2D eigenvalue weighted by molar-refractivity contribution is 5.91. The fraction of sp³-hybridized carbons (Fsp3) is 0.222. The predicted octanol–water partition coefficient (Wildman–Crippen LogP) is 0.0394. The second kappa shape index (κ2) is 4.82. The quantitative estimate of drug-likeness (QED) is 0.380. The first-order valence-corrected chi connectivity index (χ1v) is 3.70. The number of esters is 1. The van der Waals surface area contributed by atoms with E-state index in [1.54, 1.807) is 6.07 Å². The maximum atomic E-state index is 10.9. The molecule has 0 radical (unpaired) electrons. The van der Waals surface area contributed by atoms with Crippen LogP contribution in [-0.2, 0) is 14.3 Å². The Bertz CT molecular complexity index is 317. The molecule has 0 spiro atoms. The molecule has 0 aliphatic heterocycles. The lowest BCUT2D eigenvalue weighted by Crippen LogP contribution is -2.46. The number of nitrogens with two attached hydrogens (primary N) is 1. The van der Waals surface area contributed by atoms with Crippen molar-refractivity contribution in [1.82, 2.24) is 0 Å². The molecule has 0 saturated heterocycles. The number of rotatable bonds is 5. The molecule has 1 atom stereocenters. The van der Waals surface area contributed by atoms with Crippen molar-refractivity contribution in [3.63, 3.8) is 0 Å². The number of amides is 1. The van der Waals surface area contributed by atoms with Gasteiger partial charge in [0.15, 0.2) is 0 Å². The Morgan fingerprint density at radius 2 is 2.14 bits per heavy atom. The number of nitrogens with zero attached hydrogens (tertiary/aromatic N) is 1. The third kappa shape index (κ3) is 2.45. The van der Waals surface area contributed by atoms with Gasteiger partial charge in [-0.05, 0) is 0 Å². The second-order valence-electron chi connectivity index (χ2n) is 2.42. The molecule has 2 N–H and O–H groups in total. The van der Waals surface area contributed by atoms with Gasteiger partial charge in [0.1, 0.15) is 6.07 Å². The van der Waals surface area contributed by atoms with Gasteiger partial charge >= 0.3 is 5.97 Å². The van der Waals surface area contributed by atoms with Gasteiger partial charge in [-0.15, -0.1) is 6.58 Å². The highest BCUT2D eigenvalue weighted by Crippen LogP contribution is 2.15. The molecule has 0 saturated carbocycles. The molecule has 0 aromatic carbocycles.